The van der Waals surface area contributed by atoms with Crippen LogP contribution in [0.1, 0.15) is 49.4 Å². The molecule has 2 heterocycles. The van der Waals surface area contributed by atoms with Gasteiger partial charge in [0.15, 0.2) is 0 Å². The summed E-state index contributed by atoms with van der Waals surface area (Å²) >= 11 is 0. The lowest BCUT2D eigenvalue weighted by Crippen LogP contribution is -2.32. The molecule has 6 nitrogen and oxygen atoms in total. The van der Waals surface area contributed by atoms with E-state index in [0.29, 0.717) is 19.1 Å². The first-order valence-electron chi connectivity index (χ1n) is 8.20. The van der Waals surface area contributed by atoms with Gasteiger partial charge in [-0.25, -0.2) is 0 Å². The zero-order valence-corrected chi connectivity index (χ0v) is 13.2. The molecule has 1 N–H and O–H groups in total. The molecule has 0 bridgehead atoms. The molecular weight excluding hydrogens is 282 g/mol. The van der Waals surface area contributed by atoms with Crippen LogP contribution in [0.4, 0.5) is 0 Å². The summed E-state index contributed by atoms with van der Waals surface area (Å²) in [6.07, 6.45) is 5.96. The third kappa shape index (κ3) is 4.30. The molecule has 0 aromatic carbocycles. The molecule has 3 rings (SSSR count). The van der Waals surface area contributed by atoms with Crippen LogP contribution in [-0.2, 0) is 20.8 Å². The molecule has 1 aliphatic heterocycles. The van der Waals surface area contributed by atoms with E-state index in [2.05, 4.69) is 16.3 Å². The largest absolute Gasteiger partial charge is 0.376 e. The van der Waals surface area contributed by atoms with Crippen molar-refractivity contribution in [3.63, 3.8) is 0 Å². The van der Waals surface area contributed by atoms with Crippen LogP contribution in [0.3, 0.4) is 0 Å². The van der Waals surface area contributed by atoms with Gasteiger partial charge in [-0.15, -0.1) is 0 Å². The molecule has 0 radical (unpaired) electrons. The van der Waals surface area contributed by atoms with Crippen LogP contribution in [0, 0.1) is 0 Å². The quantitative estimate of drug-likeness (QED) is 0.834. The number of aromatic nitrogens is 2. The fourth-order valence-corrected chi connectivity index (χ4v) is 2.72. The summed E-state index contributed by atoms with van der Waals surface area (Å²) in [5, 5.41) is 7.32. The van der Waals surface area contributed by atoms with Gasteiger partial charge >= 0.3 is 0 Å². The van der Waals surface area contributed by atoms with E-state index in [-0.39, 0.29) is 18.6 Å². The predicted octanol–water partition coefficient (Wildman–Crippen LogP) is 1.83. The zero-order valence-electron chi connectivity index (χ0n) is 13.2. The van der Waals surface area contributed by atoms with E-state index < -0.39 is 0 Å². The summed E-state index contributed by atoms with van der Waals surface area (Å²) in [6.45, 7) is 1.97. The molecule has 1 aromatic rings. The van der Waals surface area contributed by atoms with Gasteiger partial charge in [0.2, 0.25) is 5.91 Å². The van der Waals surface area contributed by atoms with Crippen molar-refractivity contribution in [1.29, 1.82) is 0 Å². The number of hydrogen-bond donors (Lipinski definition) is 1. The number of carbonyl (C=O) groups is 1. The van der Waals surface area contributed by atoms with Crippen LogP contribution < -0.4 is 0 Å². The molecule has 1 saturated heterocycles. The molecule has 1 aromatic heterocycles. The van der Waals surface area contributed by atoms with Crippen molar-refractivity contribution >= 4 is 5.91 Å². The predicted molar refractivity (Wildman–Crippen MR) is 81.4 cm³/mol. The molecule has 2 fully saturated rings. The van der Waals surface area contributed by atoms with Crippen LogP contribution in [0.5, 0.6) is 0 Å². The molecule has 1 aliphatic carbocycles. The number of H-pyrrole nitrogens is 1. The Labute approximate surface area is 131 Å². The summed E-state index contributed by atoms with van der Waals surface area (Å²) in [7, 11) is 1.79. The Kier molecular flexibility index (Phi) is 5.10. The Morgan fingerprint density at radius 2 is 2.32 bits per heavy atom. The lowest BCUT2D eigenvalue weighted by atomic mass is 10.1. The van der Waals surface area contributed by atoms with E-state index in [9.17, 15) is 4.79 Å². The fraction of sp³-hybridized carbons (Fsp3) is 0.750. The van der Waals surface area contributed by atoms with Crippen LogP contribution in [0.25, 0.3) is 0 Å². The maximum absolute atomic E-state index is 12.1. The molecule has 0 spiro atoms. The van der Waals surface area contributed by atoms with Gasteiger partial charge in [0.1, 0.15) is 6.61 Å². The molecule has 1 saturated carbocycles. The summed E-state index contributed by atoms with van der Waals surface area (Å²) in [4.78, 5) is 13.7. The van der Waals surface area contributed by atoms with E-state index >= 15 is 0 Å². The SMILES string of the molecule is CN(Cc1cc(C2CC2)n[nH]1)C(=O)COCC1CCCCO1. The number of carbonyl (C=O) groups excluding carboxylic acids is 1. The van der Waals surface area contributed by atoms with Crippen molar-refractivity contribution in [3.05, 3.63) is 17.5 Å². The molecule has 122 valence electrons. The highest BCUT2D eigenvalue weighted by atomic mass is 16.5. The summed E-state index contributed by atoms with van der Waals surface area (Å²) in [5.74, 6) is 0.614. The van der Waals surface area contributed by atoms with Crippen LogP contribution in [0.15, 0.2) is 6.07 Å². The summed E-state index contributed by atoms with van der Waals surface area (Å²) in [6, 6.07) is 2.07. The standard InChI is InChI=1S/C16H25N3O3/c1-19(9-13-8-15(18-17-13)12-5-6-12)16(20)11-21-10-14-4-2-3-7-22-14/h8,12,14H,2-7,9-11H2,1H3,(H,17,18). The van der Waals surface area contributed by atoms with Gasteiger partial charge < -0.3 is 14.4 Å². The molecule has 22 heavy (non-hydrogen) atoms. The highest BCUT2D eigenvalue weighted by Crippen LogP contribution is 2.39. The maximum Gasteiger partial charge on any atom is 0.248 e. The minimum absolute atomic E-state index is 0.0154. The lowest BCUT2D eigenvalue weighted by Gasteiger charge is -2.23. The first-order valence-corrected chi connectivity index (χ1v) is 8.20. The van der Waals surface area contributed by atoms with Crippen molar-refractivity contribution in [1.82, 2.24) is 15.1 Å². The van der Waals surface area contributed by atoms with E-state index in [0.717, 1.165) is 30.8 Å². The molecule has 6 heteroatoms. The average Bonchev–Trinajstić information content (AvgIpc) is 3.28. The van der Waals surface area contributed by atoms with Crippen molar-refractivity contribution in [3.8, 4) is 0 Å². The van der Waals surface area contributed by atoms with Gasteiger partial charge in [-0.2, -0.15) is 5.10 Å². The number of likely N-dealkylation sites (N-methyl/N-ethyl adjacent to an activating group) is 1. The molecule has 2 aliphatic rings. The van der Waals surface area contributed by atoms with E-state index in [1.165, 1.54) is 19.3 Å². The molecule has 1 amide bonds. The Bertz CT molecular complexity index is 493. The maximum atomic E-state index is 12.1. The minimum atomic E-state index is -0.0154. The Morgan fingerprint density at radius 3 is 3.05 bits per heavy atom. The number of nitrogens with one attached hydrogen (secondary N) is 1. The average molecular weight is 307 g/mol. The summed E-state index contributed by atoms with van der Waals surface area (Å²) < 4.78 is 11.1. The first-order chi connectivity index (χ1) is 10.7. The van der Waals surface area contributed by atoms with Gasteiger partial charge in [-0.3, -0.25) is 9.89 Å². The Morgan fingerprint density at radius 1 is 1.45 bits per heavy atom. The van der Waals surface area contributed by atoms with E-state index in [1.54, 1.807) is 11.9 Å². The number of aromatic amines is 1. The van der Waals surface area contributed by atoms with Gasteiger partial charge in [0.25, 0.3) is 0 Å². The van der Waals surface area contributed by atoms with Crippen LogP contribution in [0.2, 0.25) is 0 Å². The third-order valence-corrected chi connectivity index (χ3v) is 4.28. The number of rotatable bonds is 7. The minimum Gasteiger partial charge on any atom is -0.376 e. The Balaban J connectivity index is 1.37. The second-order valence-electron chi connectivity index (χ2n) is 6.35. The van der Waals surface area contributed by atoms with Gasteiger partial charge in [0, 0.05) is 19.6 Å². The number of amides is 1. The number of hydrogen-bond acceptors (Lipinski definition) is 4. The van der Waals surface area contributed by atoms with Crippen molar-refractivity contribution in [2.75, 3.05) is 26.9 Å². The first kappa shape index (κ1) is 15.5. The van der Waals surface area contributed by atoms with Crippen LogP contribution >= 0.6 is 0 Å². The Hall–Kier alpha value is -1.40. The molecule has 1 atom stereocenters. The van der Waals surface area contributed by atoms with Crippen molar-refractivity contribution in [2.45, 2.75) is 50.7 Å². The zero-order chi connectivity index (χ0) is 15.4. The number of ether oxygens (including phenoxy) is 2. The fourth-order valence-electron chi connectivity index (χ4n) is 2.72. The van der Waals surface area contributed by atoms with Gasteiger partial charge in [0.05, 0.1) is 30.6 Å². The topological polar surface area (TPSA) is 67.5 Å². The summed E-state index contributed by atoms with van der Waals surface area (Å²) in [5.41, 5.74) is 2.11. The second-order valence-corrected chi connectivity index (χ2v) is 6.35. The van der Waals surface area contributed by atoms with Gasteiger partial charge in [-0.1, -0.05) is 0 Å². The van der Waals surface area contributed by atoms with Crippen molar-refractivity contribution in [2.24, 2.45) is 0 Å². The number of nitrogens with zero attached hydrogens (tertiary/aromatic N) is 2. The highest BCUT2D eigenvalue weighted by Gasteiger charge is 2.26. The molecular formula is C16H25N3O3. The van der Waals surface area contributed by atoms with E-state index in [1.807, 2.05) is 0 Å². The molecule has 1 unspecified atom stereocenters. The van der Waals surface area contributed by atoms with Gasteiger partial charge in [-0.05, 0) is 38.2 Å². The van der Waals surface area contributed by atoms with Crippen LogP contribution in [-0.4, -0.2) is 54.0 Å². The third-order valence-electron chi connectivity index (χ3n) is 4.28. The second kappa shape index (κ2) is 7.24. The van der Waals surface area contributed by atoms with E-state index in [4.69, 9.17) is 9.47 Å². The monoisotopic (exact) mass is 307 g/mol. The smallest absolute Gasteiger partial charge is 0.248 e. The van der Waals surface area contributed by atoms with Crippen molar-refractivity contribution < 1.29 is 14.3 Å². The highest BCUT2D eigenvalue weighted by molar-refractivity contribution is 5.77. The normalized spacial score (nSPS) is 21.8. The lowest BCUT2D eigenvalue weighted by molar-refractivity contribution is -0.137.